The van der Waals surface area contributed by atoms with Gasteiger partial charge in [0.1, 0.15) is 11.6 Å². The average molecular weight is 437 g/mol. The molecule has 0 radical (unpaired) electrons. The zero-order valence-electron chi connectivity index (χ0n) is 19.7. The van der Waals surface area contributed by atoms with Crippen molar-refractivity contribution in [2.75, 3.05) is 57.0 Å². The van der Waals surface area contributed by atoms with Gasteiger partial charge in [0.05, 0.1) is 12.2 Å². The molecule has 0 spiro atoms. The molecule has 0 aliphatic carbocycles. The standard InChI is InChI=1S/C25H36N6O/c1-19(32)31-16-12-23-22(18-31)25(28-24(27-23)20-9-7-14-29(2)17-20)26-13-8-15-30(3)21-10-5-4-6-11-21/h4-6,10-11,20H,7-9,12-18H2,1-3H3,(H,26,27,28). The highest BCUT2D eigenvalue weighted by Crippen LogP contribution is 2.29. The molecular weight excluding hydrogens is 400 g/mol. The highest BCUT2D eigenvalue weighted by Gasteiger charge is 2.27. The zero-order valence-corrected chi connectivity index (χ0v) is 19.7. The smallest absolute Gasteiger partial charge is 0.219 e. The molecule has 172 valence electrons. The second-order valence-electron chi connectivity index (χ2n) is 9.19. The normalized spacial score (nSPS) is 18.8. The number of likely N-dealkylation sites (tertiary alicyclic amines) is 1. The predicted molar refractivity (Wildman–Crippen MR) is 129 cm³/mol. The summed E-state index contributed by atoms with van der Waals surface area (Å²) in [7, 11) is 4.31. The quantitative estimate of drug-likeness (QED) is 0.673. The molecular formula is C25H36N6O. The minimum absolute atomic E-state index is 0.115. The third-order valence-corrected chi connectivity index (χ3v) is 6.67. The third kappa shape index (κ3) is 5.38. The molecule has 1 saturated heterocycles. The van der Waals surface area contributed by atoms with E-state index in [2.05, 4.69) is 53.5 Å². The van der Waals surface area contributed by atoms with Gasteiger partial charge in [-0.05, 0) is 45.0 Å². The zero-order chi connectivity index (χ0) is 22.5. The first-order valence-electron chi connectivity index (χ1n) is 11.8. The topological polar surface area (TPSA) is 64.6 Å². The number of aromatic nitrogens is 2. The van der Waals surface area contributed by atoms with E-state index in [9.17, 15) is 4.79 Å². The van der Waals surface area contributed by atoms with E-state index >= 15 is 0 Å². The van der Waals surface area contributed by atoms with Gasteiger partial charge in [0, 0.05) is 63.7 Å². The lowest BCUT2D eigenvalue weighted by Gasteiger charge is -2.32. The summed E-state index contributed by atoms with van der Waals surface area (Å²) in [6.45, 7) is 6.95. The van der Waals surface area contributed by atoms with E-state index in [0.717, 1.165) is 74.9 Å². The molecule has 0 saturated carbocycles. The van der Waals surface area contributed by atoms with Gasteiger partial charge in [0.15, 0.2) is 0 Å². The number of para-hydroxylation sites is 1. The number of piperidine rings is 1. The number of benzene rings is 1. The fourth-order valence-corrected chi connectivity index (χ4v) is 4.74. The Labute approximate surface area is 191 Å². The maximum absolute atomic E-state index is 12.0. The SMILES string of the molecule is CC(=O)N1CCc2nc(C3CCCN(C)C3)nc(NCCCN(C)c3ccccc3)c2C1. The minimum atomic E-state index is 0.115. The van der Waals surface area contributed by atoms with Crippen LogP contribution in [0.3, 0.4) is 0 Å². The van der Waals surface area contributed by atoms with Crippen LogP contribution in [0.5, 0.6) is 0 Å². The summed E-state index contributed by atoms with van der Waals surface area (Å²) in [5, 5.41) is 3.60. The molecule has 1 fully saturated rings. The Morgan fingerprint density at radius 2 is 2.03 bits per heavy atom. The van der Waals surface area contributed by atoms with E-state index in [0.29, 0.717) is 12.5 Å². The average Bonchev–Trinajstić information content (AvgIpc) is 2.81. The predicted octanol–water partition coefficient (Wildman–Crippen LogP) is 3.13. The van der Waals surface area contributed by atoms with E-state index < -0.39 is 0 Å². The number of carbonyl (C=O) groups is 1. The van der Waals surface area contributed by atoms with Crippen molar-refractivity contribution in [2.45, 2.75) is 45.1 Å². The highest BCUT2D eigenvalue weighted by molar-refractivity contribution is 5.74. The Balaban J connectivity index is 1.47. The van der Waals surface area contributed by atoms with Crippen molar-refractivity contribution in [2.24, 2.45) is 0 Å². The number of anilines is 2. The molecule has 1 aromatic heterocycles. The number of nitrogens with one attached hydrogen (secondary N) is 1. The monoisotopic (exact) mass is 436 g/mol. The largest absolute Gasteiger partial charge is 0.375 e. The number of amides is 1. The van der Waals surface area contributed by atoms with Crippen LogP contribution in [-0.4, -0.2) is 72.5 Å². The highest BCUT2D eigenvalue weighted by atomic mass is 16.2. The van der Waals surface area contributed by atoms with Gasteiger partial charge in [-0.25, -0.2) is 9.97 Å². The number of carbonyl (C=O) groups excluding carboxylic acids is 1. The van der Waals surface area contributed by atoms with Crippen molar-refractivity contribution < 1.29 is 4.79 Å². The van der Waals surface area contributed by atoms with Crippen molar-refractivity contribution >= 4 is 17.4 Å². The summed E-state index contributed by atoms with van der Waals surface area (Å²) in [4.78, 5) is 28.6. The molecule has 2 aliphatic rings. The lowest BCUT2D eigenvalue weighted by molar-refractivity contribution is -0.129. The van der Waals surface area contributed by atoms with Gasteiger partial charge >= 0.3 is 0 Å². The van der Waals surface area contributed by atoms with Gasteiger partial charge in [-0.3, -0.25) is 4.79 Å². The van der Waals surface area contributed by atoms with Crippen LogP contribution in [0.25, 0.3) is 0 Å². The summed E-state index contributed by atoms with van der Waals surface area (Å²) < 4.78 is 0. The minimum Gasteiger partial charge on any atom is -0.375 e. The Bertz CT molecular complexity index is 918. The maximum Gasteiger partial charge on any atom is 0.219 e. The van der Waals surface area contributed by atoms with Gasteiger partial charge < -0.3 is 20.0 Å². The molecule has 7 heteroatoms. The number of likely N-dealkylation sites (N-methyl/N-ethyl adjacent to an activating group) is 1. The van der Waals surface area contributed by atoms with Crippen molar-refractivity contribution in [1.82, 2.24) is 19.8 Å². The number of hydrogen-bond acceptors (Lipinski definition) is 6. The summed E-state index contributed by atoms with van der Waals surface area (Å²) in [5.74, 6) is 2.39. The van der Waals surface area contributed by atoms with Crippen LogP contribution in [-0.2, 0) is 17.8 Å². The van der Waals surface area contributed by atoms with Crippen LogP contribution in [0.2, 0.25) is 0 Å². The molecule has 1 unspecified atom stereocenters. The molecule has 3 heterocycles. The van der Waals surface area contributed by atoms with Crippen LogP contribution in [0.1, 0.15) is 49.2 Å². The fourth-order valence-electron chi connectivity index (χ4n) is 4.74. The lowest BCUT2D eigenvalue weighted by Crippen LogP contribution is -2.36. The van der Waals surface area contributed by atoms with Gasteiger partial charge in [0.2, 0.25) is 5.91 Å². The van der Waals surface area contributed by atoms with E-state index in [-0.39, 0.29) is 5.91 Å². The first-order chi connectivity index (χ1) is 15.5. The summed E-state index contributed by atoms with van der Waals surface area (Å²) in [6, 6.07) is 10.5. The molecule has 1 N–H and O–H groups in total. The van der Waals surface area contributed by atoms with Crippen LogP contribution >= 0.6 is 0 Å². The Kier molecular flexibility index (Phi) is 7.25. The van der Waals surface area contributed by atoms with Crippen molar-refractivity contribution in [3.05, 3.63) is 47.4 Å². The van der Waals surface area contributed by atoms with Gasteiger partial charge in [-0.1, -0.05) is 18.2 Å². The number of rotatable bonds is 7. The van der Waals surface area contributed by atoms with Crippen LogP contribution in [0.15, 0.2) is 30.3 Å². The fraction of sp³-hybridized carbons (Fsp3) is 0.560. The van der Waals surface area contributed by atoms with Crippen molar-refractivity contribution in [3.8, 4) is 0 Å². The second-order valence-corrected chi connectivity index (χ2v) is 9.19. The Morgan fingerprint density at radius 1 is 1.22 bits per heavy atom. The van der Waals surface area contributed by atoms with E-state index in [1.165, 1.54) is 12.1 Å². The summed E-state index contributed by atoms with van der Waals surface area (Å²) in [5.41, 5.74) is 3.44. The first-order valence-corrected chi connectivity index (χ1v) is 11.8. The molecule has 2 aromatic rings. The van der Waals surface area contributed by atoms with E-state index in [4.69, 9.17) is 9.97 Å². The second kappa shape index (κ2) is 10.3. The molecule has 32 heavy (non-hydrogen) atoms. The number of hydrogen-bond donors (Lipinski definition) is 1. The molecule has 1 aromatic carbocycles. The van der Waals surface area contributed by atoms with Crippen LogP contribution in [0, 0.1) is 0 Å². The molecule has 1 atom stereocenters. The molecule has 1 amide bonds. The molecule has 0 bridgehead atoms. The van der Waals surface area contributed by atoms with Crippen molar-refractivity contribution in [1.29, 1.82) is 0 Å². The number of fused-ring (bicyclic) bond motifs is 1. The van der Waals surface area contributed by atoms with Gasteiger partial charge in [-0.15, -0.1) is 0 Å². The van der Waals surface area contributed by atoms with Crippen molar-refractivity contribution in [3.63, 3.8) is 0 Å². The number of nitrogens with zero attached hydrogens (tertiary/aromatic N) is 5. The Hall–Kier alpha value is -2.67. The Morgan fingerprint density at radius 3 is 2.78 bits per heavy atom. The lowest BCUT2D eigenvalue weighted by atomic mass is 9.96. The van der Waals surface area contributed by atoms with Gasteiger partial charge in [-0.2, -0.15) is 0 Å². The van der Waals surface area contributed by atoms with Gasteiger partial charge in [0.25, 0.3) is 0 Å². The summed E-state index contributed by atoms with van der Waals surface area (Å²) >= 11 is 0. The van der Waals surface area contributed by atoms with Crippen LogP contribution < -0.4 is 10.2 Å². The first kappa shape index (κ1) is 22.5. The molecule has 7 nitrogen and oxygen atoms in total. The molecule has 4 rings (SSSR count). The summed E-state index contributed by atoms with van der Waals surface area (Å²) in [6.07, 6.45) is 4.14. The van der Waals surface area contributed by atoms with Crippen LogP contribution in [0.4, 0.5) is 11.5 Å². The van der Waals surface area contributed by atoms with E-state index in [1.54, 1.807) is 6.92 Å². The maximum atomic E-state index is 12.0. The third-order valence-electron chi connectivity index (χ3n) is 6.67. The van der Waals surface area contributed by atoms with E-state index in [1.807, 2.05) is 11.0 Å². The molecule has 2 aliphatic heterocycles.